The predicted octanol–water partition coefficient (Wildman–Crippen LogP) is 2.10. The first-order valence-electron chi connectivity index (χ1n) is 6.25. The molecular weight excluding hydrogens is 270 g/mol. The zero-order valence-electron chi connectivity index (χ0n) is 11.7. The van der Waals surface area contributed by atoms with Crippen LogP contribution in [0.3, 0.4) is 0 Å². The van der Waals surface area contributed by atoms with E-state index in [0.29, 0.717) is 11.3 Å². The van der Waals surface area contributed by atoms with Crippen molar-refractivity contribution in [1.29, 1.82) is 0 Å². The summed E-state index contributed by atoms with van der Waals surface area (Å²) >= 11 is 0. The Kier molecular flexibility index (Phi) is 4.18. The van der Waals surface area contributed by atoms with Crippen molar-refractivity contribution in [3.63, 3.8) is 0 Å². The van der Waals surface area contributed by atoms with E-state index < -0.39 is 5.97 Å². The van der Waals surface area contributed by atoms with Gasteiger partial charge in [0.15, 0.2) is 0 Å². The minimum Gasteiger partial charge on any atom is -0.477 e. The fraction of sp³-hybridized carbons (Fsp3) is 0.133. The molecule has 2 N–H and O–H groups in total. The summed E-state index contributed by atoms with van der Waals surface area (Å²) in [6.07, 6.45) is 1.32. The van der Waals surface area contributed by atoms with Crippen molar-refractivity contribution in [2.75, 3.05) is 24.3 Å². The molecule has 0 saturated carbocycles. The average Bonchev–Trinajstić information content (AvgIpc) is 2.48. The SMILES string of the molecule is CN(C)c1cccc(C(=O)Nc2ccc(C(=O)O)nc2)c1. The van der Waals surface area contributed by atoms with Crippen LogP contribution in [0, 0.1) is 0 Å². The molecule has 0 radical (unpaired) electrons. The summed E-state index contributed by atoms with van der Waals surface area (Å²) < 4.78 is 0. The van der Waals surface area contributed by atoms with Crippen molar-refractivity contribution in [3.8, 4) is 0 Å². The van der Waals surface area contributed by atoms with E-state index in [4.69, 9.17) is 5.11 Å². The standard InChI is InChI=1S/C15H15N3O3/c1-18(2)12-5-3-4-10(8-12)14(19)17-11-6-7-13(15(20)21)16-9-11/h3-9H,1-2H3,(H,17,19)(H,20,21). The quantitative estimate of drug-likeness (QED) is 0.899. The second-order valence-corrected chi connectivity index (χ2v) is 4.64. The maximum absolute atomic E-state index is 12.1. The summed E-state index contributed by atoms with van der Waals surface area (Å²) in [5.74, 6) is -1.38. The molecule has 0 bridgehead atoms. The van der Waals surface area contributed by atoms with Crippen LogP contribution < -0.4 is 10.2 Å². The molecule has 1 amide bonds. The van der Waals surface area contributed by atoms with E-state index in [2.05, 4.69) is 10.3 Å². The molecule has 0 aliphatic heterocycles. The monoisotopic (exact) mass is 285 g/mol. The van der Waals surface area contributed by atoms with Gasteiger partial charge in [0.2, 0.25) is 0 Å². The molecule has 0 aliphatic carbocycles. The van der Waals surface area contributed by atoms with Gasteiger partial charge in [-0.25, -0.2) is 9.78 Å². The van der Waals surface area contributed by atoms with Crippen LogP contribution in [0.5, 0.6) is 0 Å². The zero-order valence-corrected chi connectivity index (χ0v) is 11.7. The fourth-order valence-corrected chi connectivity index (χ4v) is 1.72. The highest BCUT2D eigenvalue weighted by Gasteiger charge is 2.09. The third-order valence-electron chi connectivity index (χ3n) is 2.87. The van der Waals surface area contributed by atoms with Crippen LogP contribution in [-0.2, 0) is 0 Å². The first kappa shape index (κ1) is 14.5. The molecule has 0 saturated heterocycles. The second kappa shape index (κ2) is 6.04. The molecular formula is C15H15N3O3. The lowest BCUT2D eigenvalue weighted by molar-refractivity contribution is 0.0690. The van der Waals surface area contributed by atoms with Crippen molar-refractivity contribution in [3.05, 3.63) is 53.9 Å². The summed E-state index contributed by atoms with van der Waals surface area (Å²) in [7, 11) is 3.79. The van der Waals surface area contributed by atoms with E-state index in [1.807, 2.05) is 25.1 Å². The van der Waals surface area contributed by atoms with Gasteiger partial charge in [-0.05, 0) is 30.3 Å². The van der Waals surface area contributed by atoms with E-state index in [0.717, 1.165) is 5.69 Å². The van der Waals surface area contributed by atoms with E-state index >= 15 is 0 Å². The van der Waals surface area contributed by atoms with E-state index in [1.54, 1.807) is 18.2 Å². The van der Waals surface area contributed by atoms with Crippen molar-refractivity contribution in [2.24, 2.45) is 0 Å². The topological polar surface area (TPSA) is 82.5 Å². The third kappa shape index (κ3) is 3.56. The van der Waals surface area contributed by atoms with E-state index in [-0.39, 0.29) is 11.6 Å². The van der Waals surface area contributed by atoms with Crippen LogP contribution in [0.4, 0.5) is 11.4 Å². The predicted molar refractivity (Wildman–Crippen MR) is 79.9 cm³/mol. The fourth-order valence-electron chi connectivity index (χ4n) is 1.72. The van der Waals surface area contributed by atoms with Gasteiger partial charge in [0.25, 0.3) is 5.91 Å². The van der Waals surface area contributed by atoms with Gasteiger partial charge in [-0.15, -0.1) is 0 Å². The lowest BCUT2D eigenvalue weighted by Crippen LogP contribution is -2.14. The number of carbonyl (C=O) groups is 2. The van der Waals surface area contributed by atoms with Crippen molar-refractivity contribution in [2.45, 2.75) is 0 Å². The second-order valence-electron chi connectivity index (χ2n) is 4.64. The van der Waals surface area contributed by atoms with Gasteiger partial charge in [-0.2, -0.15) is 0 Å². The zero-order chi connectivity index (χ0) is 15.4. The third-order valence-corrected chi connectivity index (χ3v) is 2.87. The lowest BCUT2D eigenvalue weighted by Gasteiger charge is -2.13. The molecule has 1 heterocycles. The Morgan fingerprint density at radius 2 is 1.95 bits per heavy atom. The number of pyridine rings is 1. The highest BCUT2D eigenvalue weighted by Crippen LogP contribution is 2.15. The van der Waals surface area contributed by atoms with Gasteiger partial charge in [-0.1, -0.05) is 6.07 Å². The van der Waals surface area contributed by atoms with Crippen molar-refractivity contribution >= 4 is 23.3 Å². The minimum atomic E-state index is -1.11. The molecule has 1 aromatic carbocycles. The highest BCUT2D eigenvalue weighted by molar-refractivity contribution is 6.04. The van der Waals surface area contributed by atoms with Crippen molar-refractivity contribution < 1.29 is 14.7 Å². The van der Waals surface area contributed by atoms with Gasteiger partial charge >= 0.3 is 5.97 Å². The number of hydrogen-bond acceptors (Lipinski definition) is 4. The molecule has 6 nitrogen and oxygen atoms in total. The summed E-state index contributed by atoms with van der Waals surface area (Å²) in [5.41, 5.74) is 1.81. The molecule has 0 unspecified atom stereocenters. The summed E-state index contributed by atoms with van der Waals surface area (Å²) in [6, 6.07) is 10.0. The molecule has 0 spiro atoms. The van der Waals surface area contributed by atoms with Crippen LogP contribution in [0.2, 0.25) is 0 Å². The van der Waals surface area contributed by atoms with Gasteiger partial charge in [0.1, 0.15) is 5.69 Å². The van der Waals surface area contributed by atoms with Gasteiger partial charge in [-0.3, -0.25) is 4.79 Å². The minimum absolute atomic E-state index is 0.0670. The molecule has 21 heavy (non-hydrogen) atoms. The molecule has 1 aromatic heterocycles. The highest BCUT2D eigenvalue weighted by atomic mass is 16.4. The molecule has 0 aliphatic rings. The maximum atomic E-state index is 12.1. The summed E-state index contributed by atoms with van der Waals surface area (Å²) in [4.78, 5) is 28.5. The molecule has 2 rings (SSSR count). The number of nitrogens with zero attached hydrogens (tertiary/aromatic N) is 2. The Balaban J connectivity index is 2.14. The number of rotatable bonds is 4. The van der Waals surface area contributed by atoms with Crippen molar-refractivity contribution in [1.82, 2.24) is 4.98 Å². The lowest BCUT2D eigenvalue weighted by atomic mass is 10.1. The van der Waals surface area contributed by atoms with Crippen LogP contribution >= 0.6 is 0 Å². The Hall–Kier alpha value is -2.89. The Morgan fingerprint density at radius 3 is 2.52 bits per heavy atom. The van der Waals surface area contributed by atoms with Crippen LogP contribution in [0.25, 0.3) is 0 Å². The van der Waals surface area contributed by atoms with Crippen LogP contribution in [-0.4, -0.2) is 36.1 Å². The summed E-state index contributed by atoms with van der Waals surface area (Å²) in [5, 5.41) is 11.4. The molecule has 0 atom stereocenters. The number of nitrogens with one attached hydrogen (secondary N) is 1. The average molecular weight is 285 g/mol. The Bertz CT molecular complexity index is 666. The molecule has 6 heteroatoms. The normalized spacial score (nSPS) is 10.0. The maximum Gasteiger partial charge on any atom is 0.354 e. The smallest absolute Gasteiger partial charge is 0.354 e. The van der Waals surface area contributed by atoms with E-state index in [9.17, 15) is 9.59 Å². The van der Waals surface area contributed by atoms with Crippen LogP contribution in [0.15, 0.2) is 42.6 Å². The summed E-state index contributed by atoms with van der Waals surface area (Å²) in [6.45, 7) is 0. The number of aromatic nitrogens is 1. The van der Waals surface area contributed by atoms with Crippen LogP contribution in [0.1, 0.15) is 20.8 Å². The number of aromatic carboxylic acids is 1. The van der Waals surface area contributed by atoms with Gasteiger partial charge in [0, 0.05) is 25.3 Å². The molecule has 2 aromatic rings. The number of carbonyl (C=O) groups excluding carboxylic acids is 1. The Labute approximate surface area is 122 Å². The Morgan fingerprint density at radius 1 is 1.19 bits per heavy atom. The number of carboxylic acid groups (broad SMARTS) is 1. The number of hydrogen-bond donors (Lipinski definition) is 2. The number of benzene rings is 1. The van der Waals surface area contributed by atoms with Gasteiger partial charge < -0.3 is 15.3 Å². The number of carboxylic acids is 1. The first-order chi connectivity index (χ1) is 9.97. The van der Waals surface area contributed by atoms with Gasteiger partial charge in [0.05, 0.1) is 11.9 Å². The largest absolute Gasteiger partial charge is 0.477 e. The number of anilines is 2. The molecule has 108 valence electrons. The van der Waals surface area contributed by atoms with E-state index in [1.165, 1.54) is 18.3 Å². The first-order valence-corrected chi connectivity index (χ1v) is 6.25. The number of amides is 1. The molecule has 0 fully saturated rings.